The summed E-state index contributed by atoms with van der Waals surface area (Å²) in [5, 5.41) is 12.6. The molecule has 2 aliphatic heterocycles. The van der Waals surface area contributed by atoms with Gasteiger partial charge in [-0.3, -0.25) is 24.5 Å². The molecule has 9 heteroatoms. The third kappa shape index (κ3) is 3.10. The Kier molecular flexibility index (Phi) is 4.67. The normalized spacial score (nSPS) is 22.3. The second-order valence-electron chi connectivity index (χ2n) is 7.49. The molecule has 0 bridgehead atoms. The molecule has 5 rings (SSSR count). The van der Waals surface area contributed by atoms with Gasteiger partial charge < -0.3 is 0 Å². The lowest BCUT2D eigenvalue weighted by Crippen LogP contribution is -2.37. The van der Waals surface area contributed by atoms with Gasteiger partial charge in [0.2, 0.25) is 5.91 Å². The molecule has 0 N–H and O–H groups in total. The highest BCUT2D eigenvalue weighted by molar-refractivity contribution is 6.23. The number of hydrogen-bond acceptors (Lipinski definition) is 6. The second kappa shape index (κ2) is 7.54. The number of nitro benzene ring substituents is 1. The fourth-order valence-corrected chi connectivity index (χ4v) is 4.19. The molecular formula is C23H16FN3O5. The molecule has 3 atom stereocenters. The molecule has 2 saturated heterocycles. The van der Waals surface area contributed by atoms with Crippen LogP contribution in [0.25, 0.3) is 0 Å². The van der Waals surface area contributed by atoms with Crippen molar-refractivity contribution in [2.45, 2.75) is 12.1 Å². The lowest BCUT2D eigenvalue weighted by Gasteiger charge is -2.28. The topological polar surface area (TPSA) is 93.0 Å². The van der Waals surface area contributed by atoms with E-state index in [1.165, 1.54) is 41.5 Å². The van der Waals surface area contributed by atoms with Crippen LogP contribution < -0.4 is 9.96 Å². The van der Waals surface area contributed by atoms with Gasteiger partial charge in [0.25, 0.3) is 11.6 Å². The van der Waals surface area contributed by atoms with E-state index in [2.05, 4.69) is 0 Å². The highest BCUT2D eigenvalue weighted by atomic mass is 19.1. The number of fused-ring (bicyclic) bond motifs is 1. The maximum absolute atomic E-state index is 13.4. The van der Waals surface area contributed by atoms with E-state index in [1.54, 1.807) is 36.4 Å². The van der Waals surface area contributed by atoms with E-state index in [0.717, 1.165) is 4.90 Å². The van der Waals surface area contributed by atoms with E-state index in [0.29, 0.717) is 11.3 Å². The number of hydrogen-bond donors (Lipinski definition) is 0. The Morgan fingerprint density at radius 1 is 0.844 bits per heavy atom. The molecule has 32 heavy (non-hydrogen) atoms. The quantitative estimate of drug-likeness (QED) is 0.353. The van der Waals surface area contributed by atoms with Crippen molar-refractivity contribution in [2.24, 2.45) is 5.92 Å². The first-order valence-electron chi connectivity index (χ1n) is 9.84. The zero-order valence-corrected chi connectivity index (χ0v) is 16.5. The van der Waals surface area contributed by atoms with E-state index in [4.69, 9.17) is 4.84 Å². The fraction of sp³-hybridized carbons (Fsp3) is 0.130. The number of benzene rings is 3. The maximum atomic E-state index is 13.4. The Morgan fingerprint density at radius 3 is 2.12 bits per heavy atom. The molecular weight excluding hydrogens is 417 g/mol. The molecule has 0 aromatic heterocycles. The first kappa shape index (κ1) is 19.8. The Morgan fingerprint density at radius 2 is 1.50 bits per heavy atom. The van der Waals surface area contributed by atoms with Crippen molar-refractivity contribution >= 4 is 28.9 Å². The minimum atomic E-state index is -1.08. The first-order chi connectivity index (χ1) is 15.5. The largest absolute Gasteiger partial charge is 0.273 e. The summed E-state index contributed by atoms with van der Waals surface area (Å²) < 4.78 is 13.3. The number of nitrogens with zero attached hydrogens (tertiary/aromatic N) is 3. The Hall–Kier alpha value is -4.11. The summed E-state index contributed by atoms with van der Waals surface area (Å²) in [6, 6.07) is 19.2. The third-order valence-corrected chi connectivity index (χ3v) is 5.66. The number of anilines is 2. The first-order valence-corrected chi connectivity index (χ1v) is 9.84. The molecule has 8 nitrogen and oxygen atoms in total. The van der Waals surface area contributed by atoms with Crippen LogP contribution in [0.15, 0.2) is 78.9 Å². The van der Waals surface area contributed by atoms with Gasteiger partial charge in [0.1, 0.15) is 11.7 Å². The molecule has 3 unspecified atom stereocenters. The lowest BCUT2D eigenvalue weighted by atomic mass is 9.90. The number of hydroxylamine groups is 1. The highest BCUT2D eigenvalue weighted by Crippen LogP contribution is 2.47. The van der Waals surface area contributed by atoms with E-state index in [1.807, 2.05) is 6.07 Å². The van der Waals surface area contributed by atoms with E-state index < -0.39 is 40.6 Å². The van der Waals surface area contributed by atoms with Crippen LogP contribution in [0.1, 0.15) is 11.6 Å². The SMILES string of the molecule is O=C1C2ON(c3ccccc3)C(c3ccc([N+](=O)[O-])cc3)C2C(=O)N1c1ccc(F)cc1. The Bertz CT molecular complexity index is 1200. The van der Waals surface area contributed by atoms with Gasteiger partial charge in [0.15, 0.2) is 6.10 Å². The van der Waals surface area contributed by atoms with Crippen LogP contribution in [0.5, 0.6) is 0 Å². The number of imide groups is 1. The minimum absolute atomic E-state index is 0.0859. The van der Waals surface area contributed by atoms with Gasteiger partial charge in [0, 0.05) is 12.1 Å². The van der Waals surface area contributed by atoms with Crippen LogP contribution in [-0.2, 0) is 14.4 Å². The van der Waals surface area contributed by atoms with Gasteiger partial charge in [0.05, 0.1) is 22.3 Å². The van der Waals surface area contributed by atoms with Gasteiger partial charge in [-0.1, -0.05) is 30.3 Å². The summed E-state index contributed by atoms with van der Waals surface area (Å²) in [6.45, 7) is 0. The standard InChI is InChI=1S/C23H16FN3O5/c24-15-8-12-16(13-9-15)25-22(28)19-20(14-6-10-18(11-7-14)27(30)31)26(32-21(19)23(25)29)17-4-2-1-3-5-17/h1-13,19-21H. The molecule has 2 aliphatic rings. The van der Waals surface area contributed by atoms with Crippen molar-refractivity contribution in [2.75, 3.05) is 9.96 Å². The average molecular weight is 433 g/mol. The van der Waals surface area contributed by atoms with Crippen LogP contribution in [0.4, 0.5) is 21.5 Å². The molecule has 0 saturated carbocycles. The number of para-hydroxylation sites is 1. The molecule has 0 spiro atoms. The van der Waals surface area contributed by atoms with Crippen LogP contribution in [-0.4, -0.2) is 22.8 Å². The van der Waals surface area contributed by atoms with Crippen LogP contribution >= 0.6 is 0 Å². The molecule has 0 radical (unpaired) electrons. The number of carbonyl (C=O) groups is 2. The van der Waals surface area contributed by atoms with E-state index in [-0.39, 0.29) is 11.4 Å². The van der Waals surface area contributed by atoms with E-state index in [9.17, 15) is 24.1 Å². The zero-order valence-electron chi connectivity index (χ0n) is 16.5. The summed E-state index contributed by atoms with van der Waals surface area (Å²) in [5.74, 6) is -2.39. The number of non-ortho nitro benzene ring substituents is 1. The van der Waals surface area contributed by atoms with Gasteiger partial charge in [-0.2, -0.15) is 0 Å². The monoisotopic (exact) mass is 433 g/mol. The number of amides is 2. The Balaban J connectivity index is 1.57. The number of rotatable bonds is 4. The maximum Gasteiger partial charge on any atom is 0.269 e. The average Bonchev–Trinajstić information content (AvgIpc) is 3.31. The summed E-state index contributed by atoms with van der Waals surface area (Å²) in [7, 11) is 0. The van der Waals surface area contributed by atoms with Gasteiger partial charge >= 0.3 is 0 Å². The summed E-state index contributed by atoms with van der Waals surface area (Å²) in [6.07, 6.45) is -1.08. The second-order valence-corrected chi connectivity index (χ2v) is 7.49. The van der Waals surface area contributed by atoms with Crippen molar-refractivity contribution in [3.8, 4) is 0 Å². The number of nitro groups is 1. The van der Waals surface area contributed by atoms with Crippen LogP contribution in [0, 0.1) is 21.8 Å². The van der Waals surface area contributed by atoms with Crippen molar-refractivity contribution in [3.05, 3.63) is 100 Å². The van der Waals surface area contributed by atoms with Crippen LogP contribution in [0.3, 0.4) is 0 Å². The van der Waals surface area contributed by atoms with Crippen molar-refractivity contribution in [1.29, 1.82) is 0 Å². The molecule has 3 aromatic carbocycles. The minimum Gasteiger partial charge on any atom is -0.273 e. The van der Waals surface area contributed by atoms with Crippen molar-refractivity contribution in [1.82, 2.24) is 0 Å². The lowest BCUT2D eigenvalue weighted by molar-refractivity contribution is -0.384. The summed E-state index contributed by atoms with van der Waals surface area (Å²) >= 11 is 0. The molecule has 3 aromatic rings. The molecule has 2 heterocycles. The number of carbonyl (C=O) groups excluding carboxylic acids is 2. The van der Waals surface area contributed by atoms with Crippen molar-refractivity contribution < 1.29 is 23.7 Å². The smallest absolute Gasteiger partial charge is 0.269 e. The molecule has 2 amide bonds. The fourth-order valence-electron chi connectivity index (χ4n) is 4.19. The third-order valence-electron chi connectivity index (χ3n) is 5.66. The predicted molar refractivity (Wildman–Crippen MR) is 112 cm³/mol. The molecule has 160 valence electrons. The zero-order chi connectivity index (χ0) is 22.4. The predicted octanol–water partition coefficient (Wildman–Crippen LogP) is 3.79. The molecule has 2 fully saturated rings. The number of halogens is 1. The molecule has 0 aliphatic carbocycles. The van der Waals surface area contributed by atoms with E-state index >= 15 is 0 Å². The summed E-state index contributed by atoms with van der Waals surface area (Å²) in [5.41, 5.74) is 1.40. The van der Waals surface area contributed by atoms with Crippen molar-refractivity contribution in [3.63, 3.8) is 0 Å². The Labute approximate surface area is 181 Å². The van der Waals surface area contributed by atoms with Gasteiger partial charge in [-0.05, 0) is 42.0 Å². The van der Waals surface area contributed by atoms with Gasteiger partial charge in [-0.25, -0.2) is 14.4 Å². The summed E-state index contributed by atoms with van der Waals surface area (Å²) in [4.78, 5) is 44.1. The van der Waals surface area contributed by atoms with Crippen LogP contribution in [0.2, 0.25) is 0 Å². The highest BCUT2D eigenvalue weighted by Gasteiger charge is 2.60. The van der Waals surface area contributed by atoms with Gasteiger partial charge in [-0.15, -0.1) is 0 Å².